The Morgan fingerprint density at radius 2 is 2.07 bits per heavy atom. The summed E-state index contributed by atoms with van der Waals surface area (Å²) in [6.45, 7) is 6.28. The van der Waals surface area contributed by atoms with Crippen LogP contribution in [0.25, 0.3) is 0 Å². The molecule has 0 unspecified atom stereocenters. The summed E-state index contributed by atoms with van der Waals surface area (Å²) in [5.41, 5.74) is 8.57. The van der Waals surface area contributed by atoms with Gasteiger partial charge in [-0.1, -0.05) is 0 Å². The highest BCUT2D eigenvalue weighted by atomic mass is 15.3. The topological polar surface area (TPSA) is 43.8 Å². The summed E-state index contributed by atoms with van der Waals surface area (Å²) in [7, 11) is 1.98. The first-order valence-electron chi connectivity index (χ1n) is 5.17. The molecule has 3 heteroatoms. The second-order valence-corrected chi connectivity index (χ2v) is 5.10. The third-order valence-electron chi connectivity index (χ3n) is 3.59. The van der Waals surface area contributed by atoms with Crippen molar-refractivity contribution in [3.63, 3.8) is 0 Å². The lowest BCUT2D eigenvalue weighted by molar-refractivity contribution is 0.381. The second kappa shape index (κ2) is 2.60. The smallest absolute Gasteiger partial charge is 0.0707 e. The molecule has 78 valence electrons. The Kier molecular flexibility index (Phi) is 1.80. The van der Waals surface area contributed by atoms with Crippen molar-refractivity contribution in [1.82, 2.24) is 9.78 Å². The second-order valence-electron chi connectivity index (χ2n) is 5.10. The number of nitrogens with zero attached hydrogens (tertiary/aromatic N) is 2. The van der Waals surface area contributed by atoms with E-state index in [4.69, 9.17) is 5.73 Å². The Bertz CT molecular complexity index is 334. The van der Waals surface area contributed by atoms with E-state index in [1.165, 1.54) is 24.2 Å². The molecule has 0 amide bonds. The molecule has 0 aliphatic heterocycles. The van der Waals surface area contributed by atoms with Crippen molar-refractivity contribution >= 4 is 0 Å². The molecule has 1 aliphatic carbocycles. The van der Waals surface area contributed by atoms with E-state index in [1.807, 2.05) is 11.7 Å². The molecule has 0 aromatic carbocycles. The van der Waals surface area contributed by atoms with Crippen LogP contribution in [-0.4, -0.2) is 15.3 Å². The Morgan fingerprint density at radius 3 is 2.36 bits per heavy atom. The summed E-state index contributed by atoms with van der Waals surface area (Å²) >= 11 is 0. The van der Waals surface area contributed by atoms with Crippen molar-refractivity contribution in [3.05, 3.63) is 17.5 Å². The molecule has 0 saturated heterocycles. The summed E-state index contributed by atoms with van der Waals surface area (Å²) in [6.07, 6.45) is 2.35. The van der Waals surface area contributed by atoms with E-state index < -0.39 is 0 Å². The molecule has 1 aromatic rings. The molecule has 0 atom stereocenters. The lowest BCUT2D eigenvalue weighted by Gasteiger charge is -2.29. The van der Waals surface area contributed by atoms with Gasteiger partial charge in [-0.25, -0.2) is 0 Å². The van der Waals surface area contributed by atoms with Crippen LogP contribution in [0, 0.1) is 6.92 Å². The van der Waals surface area contributed by atoms with Crippen LogP contribution in [0.5, 0.6) is 0 Å². The van der Waals surface area contributed by atoms with Gasteiger partial charge >= 0.3 is 0 Å². The van der Waals surface area contributed by atoms with Crippen LogP contribution >= 0.6 is 0 Å². The van der Waals surface area contributed by atoms with Gasteiger partial charge in [-0.2, -0.15) is 5.10 Å². The average molecular weight is 193 g/mol. The fraction of sp³-hybridized carbons (Fsp3) is 0.727. The van der Waals surface area contributed by atoms with Crippen LogP contribution in [-0.2, 0) is 12.5 Å². The van der Waals surface area contributed by atoms with Gasteiger partial charge in [-0.15, -0.1) is 0 Å². The minimum atomic E-state index is -0.159. The lowest BCUT2D eigenvalue weighted by atomic mass is 9.82. The molecule has 1 fully saturated rings. The average Bonchev–Trinajstić information content (AvgIpc) is 2.76. The van der Waals surface area contributed by atoms with Crippen molar-refractivity contribution in [1.29, 1.82) is 0 Å². The maximum absolute atomic E-state index is 6.22. The molecule has 1 aliphatic rings. The van der Waals surface area contributed by atoms with Crippen LogP contribution in [0.15, 0.2) is 6.07 Å². The zero-order chi connectivity index (χ0) is 10.6. The maximum Gasteiger partial charge on any atom is 0.0707 e. The molecule has 3 nitrogen and oxygen atoms in total. The number of aryl methyl sites for hydroxylation is 2. The monoisotopic (exact) mass is 193 g/mol. The van der Waals surface area contributed by atoms with E-state index in [0.717, 1.165) is 0 Å². The Balaban J connectivity index is 2.41. The zero-order valence-corrected chi connectivity index (χ0v) is 9.46. The third kappa shape index (κ3) is 1.19. The molecule has 1 saturated carbocycles. The van der Waals surface area contributed by atoms with Gasteiger partial charge < -0.3 is 5.73 Å². The molecule has 2 rings (SSSR count). The van der Waals surface area contributed by atoms with Gasteiger partial charge in [-0.3, -0.25) is 4.68 Å². The molecule has 0 spiro atoms. The quantitative estimate of drug-likeness (QED) is 0.773. The zero-order valence-electron chi connectivity index (χ0n) is 9.46. The van der Waals surface area contributed by atoms with Gasteiger partial charge in [-0.05, 0) is 39.7 Å². The minimum absolute atomic E-state index is 0.138. The van der Waals surface area contributed by atoms with Crippen LogP contribution in [0.1, 0.15) is 38.1 Å². The largest absolute Gasteiger partial charge is 0.325 e. The Morgan fingerprint density at radius 1 is 1.50 bits per heavy atom. The van der Waals surface area contributed by atoms with Gasteiger partial charge in [0, 0.05) is 23.7 Å². The van der Waals surface area contributed by atoms with E-state index in [-0.39, 0.29) is 11.0 Å². The van der Waals surface area contributed by atoms with Gasteiger partial charge in [0.25, 0.3) is 0 Å². The van der Waals surface area contributed by atoms with Crippen molar-refractivity contribution < 1.29 is 0 Å². The first-order chi connectivity index (χ1) is 6.37. The Hall–Kier alpha value is -0.830. The summed E-state index contributed by atoms with van der Waals surface area (Å²) < 4.78 is 1.93. The summed E-state index contributed by atoms with van der Waals surface area (Å²) in [5, 5.41) is 4.55. The van der Waals surface area contributed by atoms with Gasteiger partial charge in [0.15, 0.2) is 0 Å². The van der Waals surface area contributed by atoms with E-state index in [2.05, 4.69) is 31.9 Å². The molecule has 0 radical (unpaired) electrons. The standard InChI is InChI=1S/C11H19N3/c1-8-7-9(13-14(8)4)11(5-6-11)10(2,3)12/h7H,5-6,12H2,1-4H3. The predicted octanol–water partition coefficient (Wildman–Crippen LogP) is 1.50. The first kappa shape index (κ1) is 9.71. The van der Waals surface area contributed by atoms with E-state index in [9.17, 15) is 0 Å². The van der Waals surface area contributed by atoms with Gasteiger partial charge in [0.1, 0.15) is 0 Å². The summed E-state index contributed by atoms with van der Waals surface area (Å²) in [4.78, 5) is 0. The summed E-state index contributed by atoms with van der Waals surface area (Å²) in [6, 6.07) is 2.17. The van der Waals surface area contributed by atoms with E-state index >= 15 is 0 Å². The molecular formula is C11H19N3. The Labute approximate surface area is 85.3 Å². The van der Waals surface area contributed by atoms with Crippen LogP contribution in [0.4, 0.5) is 0 Å². The van der Waals surface area contributed by atoms with Gasteiger partial charge in [0.2, 0.25) is 0 Å². The number of hydrogen-bond donors (Lipinski definition) is 1. The number of nitrogens with two attached hydrogens (primary N) is 1. The van der Waals surface area contributed by atoms with Crippen molar-refractivity contribution in [2.75, 3.05) is 0 Å². The number of hydrogen-bond acceptors (Lipinski definition) is 2. The van der Waals surface area contributed by atoms with Crippen LogP contribution in [0.3, 0.4) is 0 Å². The van der Waals surface area contributed by atoms with Crippen LogP contribution < -0.4 is 5.73 Å². The SMILES string of the molecule is Cc1cc(C2(C(C)(C)N)CC2)nn1C. The fourth-order valence-corrected chi connectivity index (χ4v) is 2.15. The van der Waals surface area contributed by atoms with Crippen LogP contribution in [0.2, 0.25) is 0 Å². The summed E-state index contributed by atoms with van der Waals surface area (Å²) in [5.74, 6) is 0. The molecular weight excluding hydrogens is 174 g/mol. The molecule has 1 heterocycles. The molecule has 1 aromatic heterocycles. The third-order valence-corrected chi connectivity index (χ3v) is 3.59. The van der Waals surface area contributed by atoms with E-state index in [0.29, 0.717) is 0 Å². The molecule has 0 bridgehead atoms. The fourth-order valence-electron chi connectivity index (χ4n) is 2.15. The lowest BCUT2D eigenvalue weighted by Crippen LogP contribution is -2.45. The highest BCUT2D eigenvalue weighted by Crippen LogP contribution is 2.54. The van der Waals surface area contributed by atoms with Crippen molar-refractivity contribution in [3.8, 4) is 0 Å². The van der Waals surface area contributed by atoms with E-state index in [1.54, 1.807) is 0 Å². The maximum atomic E-state index is 6.22. The highest BCUT2D eigenvalue weighted by molar-refractivity contribution is 5.31. The highest BCUT2D eigenvalue weighted by Gasteiger charge is 2.55. The number of aromatic nitrogens is 2. The minimum Gasteiger partial charge on any atom is -0.325 e. The van der Waals surface area contributed by atoms with Gasteiger partial charge in [0.05, 0.1) is 5.69 Å². The normalized spacial score (nSPS) is 19.8. The molecule has 14 heavy (non-hydrogen) atoms. The van der Waals surface area contributed by atoms with Crippen molar-refractivity contribution in [2.24, 2.45) is 12.8 Å². The first-order valence-corrected chi connectivity index (χ1v) is 5.17. The molecule has 2 N–H and O–H groups in total. The van der Waals surface area contributed by atoms with Crippen molar-refractivity contribution in [2.45, 2.75) is 44.6 Å². The number of rotatable bonds is 2. The predicted molar refractivity (Wildman–Crippen MR) is 57.1 cm³/mol.